The normalized spacial score (nSPS) is 16.0. The fourth-order valence-electron chi connectivity index (χ4n) is 3.60. The molecule has 1 saturated heterocycles. The van der Waals surface area contributed by atoms with E-state index in [-0.39, 0.29) is 5.82 Å². The fraction of sp³-hybridized carbons (Fsp3) is 0.400. The van der Waals surface area contributed by atoms with Crippen LogP contribution in [0, 0.1) is 12.7 Å². The summed E-state index contributed by atoms with van der Waals surface area (Å²) in [5.41, 5.74) is 3.70. The zero-order valence-corrected chi connectivity index (χ0v) is 14.6. The average molecular weight is 338 g/mol. The maximum Gasteiger partial charge on any atom is 0.165 e. The van der Waals surface area contributed by atoms with Crippen molar-refractivity contribution in [1.82, 2.24) is 14.6 Å². The van der Waals surface area contributed by atoms with E-state index in [1.165, 1.54) is 44.2 Å². The summed E-state index contributed by atoms with van der Waals surface area (Å²) in [5.74, 6) is 0.878. The molecule has 5 heteroatoms. The van der Waals surface area contributed by atoms with Crippen LogP contribution in [0.1, 0.15) is 37.8 Å². The first-order valence-corrected chi connectivity index (χ1v) is 9.09. The van der Waals surface area contributed by atoms with Gasteiger partial charge in [-0.05, 0) is 37.5 Å². The van der Waals surface area contributed by atoms with Gasteiger partial charge in [0.15, 0.2) is 5.65 Å². The van der Waals surface area contributed by atoms with Gasteiger partial charge in [0.25, 0.3) is 0 Å². The standard InChI is InChI=1S/C20H23FN4/c1-15-13-19(24-11-5-3-2-4-6-12-24)25-20(23-15)18(14-22-25)16-7-9-17(21)10-8-16/h7-10,13-14H,2-6,11-12H2,1H3. The van der Waals surface area contributed by atoms with Crippen LogP contribution >= 0.6 is 0 Å². The van der Waals surface area contributed by atoms with Crippen LogP contribution in [0.5, 0.6) is 0 Å². The molecule has 4 rings (SSSR count). The molecule has 0 saturated carbocycles. The predicted octanol–water partition coefficient (Wildman–Crippen LogP) is 4.61. The number of aryl methyl sites for hydroxylation is 1. The van der Waals surface area contributed by atoms with E-state index in [0.717, 1.165) is 41.4 Å². The van der Waals surface area contributed by atoms with Crippen LogP contribution in [0.3, 0.4) is 0 Å². The van der Waals surface area contributed by atoms with Gasteiger partial charge in [0.1, 0.15) is 11.6 Å². The summed E-state index contributed by atoms with van der Waals surface area (Å²) < 4.78 is 15.2. The van der Waals surface area contributed by atoms with Gasteiger partial charge in [-0.25, -0.2) is 9.37 Å². The van der Waals surface area contributed by atoms with Gasteiger partial charge < -0.3 is 4.90 Å². The highest BCUT2D eigenvalue weighted by atomic mass is 19.1. The molecule has 0 aliphatic carbocycles. The zero-order valence-electron chi connectivity index (χ0n) is 14.6. The maximum atomic E-state index is 13.2. The van der Waals surface area contributed by atoms with E-state index in [0.29, 0.717) is 0 Å². The molecular formula is C20H23FN4. The Morgan fingerprint density at radius 2 is 1.64 bits per heavy atom. The Morgan fingerprint density at radius 3 is 2.36 bits per heavy atom. The Morgan fingerprint density at radius 1 is 0.960 bits per heavy atom. The van der Waals surface area contributed by atoms with E-state index in [2.05, 4.69) is 16.1 Å². The lowest BCUT2D eigenvalue weighted by molar-refractivity contribution is 0.550. The topological polar surface area (TPSA) is 33.4 Å². The summed E-state index contributed by atoms with van der Waals surface area (Å²) in [7, 11) is 0. The van der Waals surface area contributed by atoms with Gasteiger partial charge in [-0.3, -0.25) is 0 Å². The van der Waals surface area contributed by atoms with Crippen LogP contribution < -0.4 is 4.90 Å². The van der Waals surface area contributed by atoms with Crippen molar-refractivity contribution < 1.29 is 4.39 Å². The summed E-state index contributed by atoms with van der Waals surface area (Å²) in [4.78, 5) is 7.14. The zero-order chi connectivity index (χ0) is 17.2. The van der Waals surface area contributed by atoms with Crippen molar-refractivity contribution in [2.24, 2.45) is 0 Å². The van der Waals surface area contributed by atoms with E-state index < -0.39 is 0 Å². The van der Waals surface area contributed by atoms with Crippen LogP contribution in [0.2, 0.25) is 0 Å². The number of aromatic nitrogens is 3. The molecule has 130 valence electrons. The Kier molecular flexibility index (Phi) is 4.38. The fourth-order valence-corrected chi connectivity index (χ4v) is 3.60. The first-order valence-electron chi connectivity index (χ1n) is 9.09. The van der Waals surface area contributed by atoms with Gasteiger partial charge in [-0.15, -0.1) is 0 Å². The Hall–Kier alpha value is -2.43. The molecule has 1 fully saturated rings. The SMILES string of the molecule is Cc1cc(N2CCCCCCC2)n2ncc(-c3ccc(F)cc3)c2n1. The lowest BCUT2D eigenvalue weighted by atomic mass is 10.1. The van der Waals surface area contributed by atoms with Gasteiger partial charge in [-0.2, -0.15) is 9.61 Å². The van der Waals surface area contributed by atoms with Crippen molar-refractivity contribution in [1.29, 1.82) is 0 Å². The molecule has 3 heterocycles. The smallest absolute Gasteiger partial charge is 0.165 e. The van der Waals surface area contributed by atoms with Crippen LogP contribution in [0.4, 0.5) is 10.2 Å². The Labute approximate surface area is 147 Å². The van der Waals surface area contributed by atoms with Gasteiger partial charge in [0.2, 0.25) is 0 Å². The molecule has 25 heavy (non-hydrogen) atoms. The van der Waals surface area contributed by atoms with Crippen molar-refractivity contribution >= 4 is 11.5 Å². The van der Waals surface area contributed by atoms with Gasteiger partial charge in [0, 0.05) is 30.4 Å². The number of anilines is 1. The lowest BCUT2D eigenvalue weighted by Gasteiger charge is -2.27. The van der Waals surface area contributed by atoms with Crippen molar-refractivity contribution in [3.63, 3.8) is 0 Å². The minimum atomic E-state index is -0.231. The highest BCUT2D eigenvalue weighted by molar-refractivity contribution is 5.78. The first-order chi connectivity index (χ1) is 12.2. The number of hydrogen-bond acceptors (Lipinski definition) is 3. The van der Waals surface area contributed by atoms with E-state index in [1.54, 1.807) is 12.1 Å². The van der Waals surface area contributed by atoms with Crippen LogP contribution in [0.15, 0.2) is 36.5 Å². The maximum absolute atomic E-state index is 13.2. The lowest BCUT2D eigenvalue weighted by Crippen LogP contribution is -2.29. The Balaban J connectivity index is 1.79. The molecule has 0 spiro atoms. The molecule has 1 aliphatic heterocycles. The number of fused-ring (bicyclic) bond motifs is 1. The van der Waals surface area contributed by atoms with Crippen molar-refractivity contribution in [3.05, 3.63) is 48.0 Å². The molecular weight excluding hydrogens is 315 g/mol. The minimum absolute atomic E-state index is 0.231. The van der Waals surface area contributed by atoms with E-state index in [1.807, 2.05) is 17.6 Å². The van der Waals surface area contributed by atoms with E-state index >= 15 is 0 Å². The summed E-state index contributed by atoms with van der Waals surface area (Å²) in [6.45, 7) is 4.14. The van der Waals surface area contributed by atoms with Crippen LogP contribution in [0.25, 0.3) is 16.8 Å². The highest BCUT2D eigenvalue weighted by Gasteiger charge is 2.17. The summed E-state index contributed by atoms with van der Waals surface area (Å²) in [6.07, 6.45) is 8.20. The third-order valence-electron chi connectivity index (χ3n) is 4.92. The molecule has 0 N–H and O–H groups in total. The quantitative estimate of drug-likeness (QED) is 0.684. The number of benzene rings is 1. The summed E-state index contributed by atoms with van der Waals surface area (Å²) in [5, 5.41) is 4.61. The number of rotatable bonds is 2. The molecule has 3 aromatic rings. The molecule has 0 amide bonds. The molecule has 0 unspecified atom stereocenters. The highest BCUT2D eigenvalue weighted by Crippen LogP contribution is 2.28. The molecule has 0 atom stereocenters. The van der Waals surface area contributed by atoms with E-state index in [4.69, 9.17) is 4.98 Å². The molecule has 0 radical (unpaired) electrons. The monoisotopic (exact) mass is 338 g/mol. The summed E-state index contributed by atoms with van der Waals surface area (Å²) in [6, 6.07) is 8.65. The second-order valence-corrected chi connectivity index (χ2v) is 6.81. The van der Waals surface area contributed by atoms with Gasteiger partial charge in [-0.1, -0.05) is 31.4 Å². The second kappa shape index (κ2) is 6.82. The van der Waals surface area contributed by atoms with Gasteiger partial charge >= 0.3 is 0 Å². The number of halogens is 1. The largest absolute Gasteiger partial charge is 0.356 e. The number of hydrogen-bond donors (Lipinski definition) is 0. The third kappa shape index (κ3) is 3.23. The first kappa shape index (κ1) is 16.1. The average Bonchev–Trinajstić information content (AvgIpc) is 2.98. The third-order valence-corrected chi connectivity index (χ3v) is 4.92. The molecule has 4 nitrogen and oxygen atoms in total. The Bertz CT molecular complexity index is 861. The van der Waals surface area contributed by atoms with Gasteiger partial charge in [0.05, 0.1) is 6.20 Å². The minimum Gasteiger partial charge on any atom is -0.356 e. The van der Waals surface area contributed by atoms with Crippen molar-refractivity contribution in [3.8, 4) is 11.1 Å². The van der Waals surface area contributed by atoms with Crippen LogP contribution in [-0.4, -0.2) is 27.7 Å². The number of nitrogens with zero attached hydrogens (tertiary/aromatic N) is 4. The molecule has 1 aromatic carbocycles. The van der Waals surface area contributed by atoms with Crippen molar-refractivity contribution in [2.45, 2.75) is 39.0 Å². The van der Waals surface area contributed by atoms with Crippen molar-refractivity contribution in [2.75, 3.05) is 18.0 Å². The van der Waals surface area contributed by atoms with Crippen LogP contribution in [-0.2, 0) is 0 Å². The summed E-state index contributed by atoms with van der Waals surface area (Å²) >= 11 is 0. The predicted molar refractivity (Wildman–Crippen MR) is 98.4 cm³/mol. The molecule has 0 bridgehead atoms. The second-order valence-electron chi connectivity index (χ2n) is 6.81. The molecule has 2 aromatic heterocycles. The molecule has 1 aliphatic rings. The van der Waals surface area contributed by atoms with E-state index in [9.17, 15) is 4.39 Å².